The van der Waals surface area contributed by atoms with Crippen LogP contribution in [0.5, 0.6) is 5.75 Å². The molecule has 0 heterocycles. The first-order valence-corrected chi connectivity index (χ1v) is 4.37. The molecule has 2 rings (SSSR count). The molecule has 4 heteroatoms. The van der Waals surface area contributed by atoms with Crippen molar-refractivity contribution in [2.75, 3.05) is 0 Å². The van der Waals surface area contributed by atoms with Crippen LogP contribution in [0.15, 0.2) is 24.3 Å². The van der Waals surface area contributed by atoms with Gasteiger partial charge in [-0.2, -0.15) is 0 Å². The van der Waals surface area contributed by atoms with Crippen molar-refractivity contribution in [1.82, 2.24) is 0 Å². The molecule has 3 nitrogen and oxygen atoms in total. The van der Waals surface area contributed by atoms with Gasteiger partial charge in [-0.1, -0.05) is 12.1 Å². The van der Waals surface area contributed by atoms with Gasteiger partial charge in [0, 0.05) is 0 Å². The summed E-state index contributed by atoms with van der Waals surface area (Å²) in [6.45, 7) is 0. The van der Waals surface area contributed by atoms with Crippen LogP contribution in [-0.4, -0.2) is 6.09 Å². The summed E-state index contributed by atoms with van der Waals surface area (Å²) < 4.78 is 18.1. The first-order valence-electron chi connectivity index (χ1n) is 4.37. The Labute approximate surface area is 80.7 Å². The molecule has 0 atom stereocenters. The van der Waals surface area contributed by atoms with Crippen molar-refractivity contribution in [2.24, 2.45) is 5.73 Å². The van der Waals surface area contributed by atoms with Crippen molar-refractivity contribution in [3.05, 3.63) is 29.8 Å². The summed E-state index contributed by atoms with van der Waals surface area (Å²) in [5.41, 5.74) is 4.31. The minimum Gasteiger partial charge on any atom is -0.411 e. The van der Waals surface area contributed by atoms with Gasteiger partial charge in [0.2, 0.25) is 0 Å². The maximum atomic E-state index is 13.5. The Balaban J connectivity index is 2.14. The van der Waals surface area contributed by atoms with E-state index in [1.807, 2.05) is 0 Å². The predicted octanol–water partition coefficient (Wildman–Crippen LogP) is 2.10. The summed E-state index contributed by atoms with van der Waals surface area (Å²) in [4.78, 5) is 10.4. The van der Waals surface area contributed by atoms with Gasteiger partial charge in [0.1, 0.15) is 11.4 Å². The number of rotatable bonds is 2. The van der Waals surface area contributed by atoms with Gasteiger partial charge in [-0.3, -0.25) is 0 Å². The van der Waals surface area contributed by atoms with E-state index in [4.69, 9.17) is 5.73 Å². The summed E-state index contributed by atoms with van der Waals surface area (Å²) in [7, 11) is 0. The molecule has 0 aromatic heterocycles. The number of primary amides is 1. The predicted molar refractivity (Wildman–Crippen MR) is 48.7 cm³/mol. The van der Waals surface area contributed by atoms with Gasteiger partial charge < -0.3 is 10.5 Å². The largest absolute Gasteiger partial charge is 0.411 e. The lowest BCUT2D eigenvalue weighted by atomic mass is 10.1. The van der Waals surface area contributed by atoms with E-state index in [0.717, 1.165) is 0 Å². The number of amides is 1. The Morgan fingerprint density at radius 1 is 1.36 bits per heavy atom. The monoisotopic (exact) mass is 195 g/mol. The highest BCUT2D eigenvalue weighted by molar-refractivity contribution is 5.68. The lowest BCUT2D eigenvalue weighted by molar-refractivity contribution is 0.211. The van der Waals surface area contributed by atoms with Gasteiger partial charge in [-0.05, 0) is 30.5 Å². The Hall–Kier alpha value is -1.58. The summed E-state index contributed by atoms with van der Waals surface area (Å²) in [6.07, 6.45) is 0.283. The maximum absolute atomic E-state index is 13.5. The van der Waals surface area contributed by atoms with E-state index in [2.05, 4.69) is 4.74 Å². The molecule has 74 valence electrons. The number of alkyl halides is 1. The van der Waals surface area contributed by atoms with Crippen LogP contribution in [0.25, 0.3) is 0 Å². The fourth-order valence-corrected chi connectivity index (χ4v) is 1.34. The van der Waals surface area contributed by atoms with Crippen LogP contribution >= 0.6 is 0 Å². The number of benzene rings is 1. The van der Waals surface area contributed by atoms with Gasteiger partial charge in [-0.15, -0.1) is 0 Å². The zero-order valence-electron chi connectivity index (χ0n) is 7.50. The third kappa shape index (κ3) is 1.69. The van der Waals surface area contributed by atoms with Crippen molar-refractivity contribution in [2.45, 2.75) is 18.5 Å². The molecule has 1 aliphatic rings. The summed E-state index contributed by atoms with van der Waals surface area (Å²) in [5.74, 6) is 0.338. The molecule has 2 N–H and O–H groups in total. The molecule has 0 spiro atoms. The van der Waals surface area contributed by atoms with Gasteiger partial charge >= 0.3 is 6.09 Å². The Kier molecular flexibility index (Phi) is 1.91. The minimum absolute atomic E-state index is 0.338. The summed E-state index contributed by atoms with van der Waals surface area (Å²) in [5, 5.41) is 0. The molecule has 0 radical (unpaired) electrons. The molecule has 0 unspecified atom stereocenters. The highest BCUT2D eigenvalue weighted by atomic mass is 19.1. The van der Waals surface area contributed by atoms with Crippen LogP contribution < -0.4 is 10.5 Å². The number of halogens is 1. The highest BCUT2D eigenvalue weighted by Crippen LogP contribution is 2.49. The Morgan fingerprint density at radius 2 is 1.93 bits per heavy atom. The van der Waals surface area contributed by atoms with Crippen molar-refractivity contribution in [3.8, 4) is 5.75 Å². The van der Waals surface area contributed by atoms with E-state index in [1.54, 1.807) is 24.3 Å². The van der Waals surface area contributed by atoms with Crippen molar-refractivity contribution in [3.63, 3.8) is 0 Å². The molecule has 1 amide bonds. The van der Waals surface area contributed by atoms with Crippen LogP contribution in [-0.2, 0) is 5.67 Å². The van der Waals surface area contributed by atoms with Crippen molar-refractivity contribution in [1.29, 1.82) is 0 Å². The van der Waals surface area contributed by atoms with Crippen LogP contribution in [0.3, 0.4) is 0 Å². The van der Waals surface area contributed by atoms with Gasteiger partial charge in [0.25, 0.3) is 0 Å². The topological polar surface area (TPSA) is 52.3 Å². The van der Waals surface area contributed by atoms with Gasteiger partial charge in [0.05, 0.1) is 0 Å². The molecule has 14 heavy (non-hydrogen) atoms. The second kappa shape index (κ2) is 2.97. The van der Waals surface area contributed by atoms with Crippen LogP contribution in [0.1, 0.15) is 18.4 Å². The molecule has 0 aliphatic heterocycles. The third-order valence-electron chi connectivity index (χ3n) is 2.28. The molecule has 1 aromatic rings. The van der Waals surface area contributed by atoms with Crippen molar-refractivity contribution >= 4 is 6.09 Å². The Morgan fingerprint density at radius 3 is 2.36 bits per heavy atom. The normalized spacial score (nSPS) is 17.5. The van der Waals surface area contributed by atoms with Crippen LogP contribution in [0.4, 0.5) is 9.18 Å². The molecular formula is C10H10FNO2. The van der Waals surface area contributed by atoms with E-state index < -0.39 is 11.8 Å². The number of ether oxygens (including phenoxy) is 1. The molecule has 1 aromatic carbocycles. The Bertz CT molecular complexity index is 357. The fourth-order valence-electron chi connectivity index (χ4n) is 1.34. The maximum Gasteiger partial charge on any atom is 0.409 e. The number of carbonyl (C=O) groups excluding carboxylic acids is 1. The molecule has 1 fully saturated rings. The first kappa shape index (κ1) is 8.99. The molecule has 1 aliphatic carbocycles. The van der Waals surface area contributed by atoms with E-state index >= 15 is 0 Å². The van der Waals surface area contributed by atoms with Gasteiger partial charge in [0.15, 0.2) is 0 Å². The quantitative estimate of drug-likeness (QED) is 0.785. The SMILES string of the molecule is NC(=O)Oc1ccc(C2(F)CC2)cc1. The van der Waals surface area contributed by atoms with Crippen LogP contribution in [0.2, 0.25) is 0 Å². The fraction of sp³-hybridized carbons (Fsp3) is 0.300. The number of hydrogen-bond donors (Lipinski definition) is 1. The molecule has 1 saturated carbocycles. The first-order chi connectivity index (χ1) is 6.60. The van der Waals surface area contributed by atoms with Crippen molar-refractivity contribution < 1.29 is 13.9 Å². The van der Waals surface area contributed by atoms with E-state index in [9.17, 15) is 9.18 Å². The number of nitrogens with two attached hydrogens (primary N) is 1. The molecule has 0 saturated heterocycles. The highest BCUT2D eigenvalue weighted by Gasteiger charge is 2.44. The van der Waals surface area contributed by atoms with Gasteiger partial charge in [-0.25, -0.2) is 9.18 Å². The standard InChI is InChI=1S/C10H10FNO2/c11-10(5-6-10)7-1-3-8(4-2-7)14-9(12)13/h1-4H,5-6H2,(H2,12,13). The molecular weight excluding hydrogens is 185 g/mol. The second-order valence-electron chi connectivity index (χ2n) is 3.41. The molecule has 0 bridgehead atoms. The summed E-state index contributed by atoms with van der Waals surface area (Å²) >= 11 is 0. The average Bonchev–Trinajstić information content (AvgIpc) is 2.85. The number of hydrogen-bond acceptors (Lipinski definition) is 2. The van der Waals surface area contributed by atoms with E-state index in [1.165, 1.54) is 0 Å². The van der Waals surface area contributed by atoms with E-state index in [0.29, 0.717) is 24.2 Å². The zero-order chi connectivity index (χ0) is 10.2. The zero-order valence-corrected chi connectivity index (χ0v) is 7.50. The third-order valence-corrected chi connectivity index (χ3v) is 2.28. The average molecular weight is 195 g/mol. The summed E-state index contributed by atoms with van der Waals surface area (Å²) in [6, 6.07) is 6.32. The second-order valence-corrected chi connectivity index (χ2v) is 3.41. The lowest BCUT2D eigenvalue weighted by Crippen LogP contribution is -2.16. The van der Waals surface area contributed by atoms with Crippen LogP contribution in [0, 0.1) is 0 Å². The van der Waals surface area contributed by atoms with E-state index in [-0.39, 0.29) is 0 Å². The lowest BCUT2D eigenvalue weighted by Gasteiger charge is -2.05. The smallest absolute Gasteiger partial charge is 0.409 e. The minimum atomic E-state index is -1.15. The number of carbonyl (C=O) groups is 1.